The maximum Gasteiger partial charge on any atom is 0.254 e. The first-order valence-corrected chi connectivity index (χ1v) is 8.46. The van der Waals surface area contributed by atoms with Gasteiger partial charge in [-0.05, 0) is 42.9 Å². The molecule has 1 aromatic rings. The minimum absolute atomic E-state index is 0.165. The third-order valence-electron chi connectivity index (χ3n) is 5.49. The summed E-state index contributed by atoms with van der Waals surface area (Å²) in [6, 6.07) is 5.30. The molecule has 0 N–H and O–H groups in total. The third kappa shape index (κ3) is 2.44. The standard InChI is InChI=1S/C19H20N2O4/c1-24-14-7-8-15(25-2)13(9-14)10-20-21-18(22)16-11-3-4-12(6-5-11)17(16)19(21)23/h3-4,7-12,16-17H,5-6H2,1-2H3/b20-10+. The van der Waals surface area contributed by atoms with E-state index in [0.717, 1.165) is 17.9 Å². The van der Waals surface area contributed by atoms with Crippen molar-refractivity contribution in [3.8, 4) is 11.5 Å². The van der Waals surface area contributed by atoms with Crippen molar-refractivity contribution in [2.24, 2.45) is 28.8 Å². The van der Waals surface area contributed by atoms with Crippen LogP contribution in [0.1, 0.15) is 18.4 Å². The second-order valence-electron chi connectivity index (χ2n) is 6.68. The summed E-state index contributed by atoms with van der Waals surface area (Å²) in [6.45, 7) is 0. The van der Waals surface area contributed by atoms with E-state index in [0.29, 0.717) is 17.1 Å². The molecule has 130 valence electrons. The summed E-state index contributed by atoms with van der Waals surface area (Å²) in [6.07, 6.45) is 7.63. The molecule has 6 nitrogen and oxygen atoms in total. The molecular formula is C19H20N2O4. The molecular weight excluding hydrogens is 320 g/mol. The number of ether oxygens (including phenoxy) is 2. The Kier molecular flexibility index (Phi) is 3.82. The van der Waals surface area contributed by atoms with Gasteiger partial charge in [-0.15, -0.1) is 0 Å². The van der Waals surface area contributed by atoms with Gasteiger partial charge in [0.1, 0.15) is 11.5 Å². The van der Waals surface area contributed by atoms with E-state index in [-0.39, 0.29) is 35.5 Å². The van der Waals surface area contributed by atoms with Crippen LogP contribution in [0.2, 0.25) is 0 Å². The van der Waals surface area contributed by atoms with Gasteiger partial charge < -0.3 is 9.47 Å². The zero-order valence-corrected chi connectivity index (χ0v) is 14.2. The molecule has 0 radical (unpaired) electrons. The molecule has 6 heteroatoms. The first kappa shape index (κ1) is 15.9. The number of hydrazone groups is 1. The lowest BCUT2D eigenvalue weighted by Crippen LogP contribution is -2.38. The molecule has 25 heavy (non-hydrogen) atoms. The van der Waals surface area contributed by atoms with Crippen LogP contribution in [-0.2, 0) is 9.59 Å². The average molecular weight is 340 g/mol. The molecule has 4 aliphatic rings. The zero-order chi connectivity index (χ0) is 17.6. The molecule has 2 fully saturated rings. The van der Waals surface area contributed by atoms with E-state index in [2.05, 4.69) is 17.3 Å². The second kappa shape index (κ2) is 6.02. The van der Waals surface area contributed by atoms with Gasteiger partial charge in [-0.25, -0.2) is 0 Å². The Bertz CT molecular complexity index is 754. The van der Waals surface area contributed by atoms with Gasteiger partial charge in [-0.1, -0.05) is 12.2 Å². The van der Waals surface area contributed by atoms with Gasteiger partial charge in [-0.2, -0.15) is 10.1 Å². The van der Waals surface area contributed by atoms with Crippen LogP contribution >= 0.6 is 0 Å². The Hall–Kier alpha value is -2.63. The molecule has 2 bridgehead atoms. The van der Waals surface area contributed by atoms with E-state index >= 15 is 0 Å². The number of benzene rings is 1. The summed E-state index contributed by atoms with van der Waals surface area (Å²) in [5.41, 5.74) is 0.651. The minimum Gasteiger partial charge on any atom is -0.497 e. The number of allylic oxidation sites excluding steroid dienone is 2. The summed E-state index contributed by atoms with van der Waals surface area (Å²) >= 11 is 0. The van der Waals surface area contributed by atoms with Crippen molar-refractivity contribution in [2.75, 3.05) is 14.2 Å². The number of methoxy groups -OCH3 is 2. The molecule has 1 saturated carbocycles. The number of carbonyl (C=O) groups excluding carboxylic acids is 2. The van der Waals surface area contributed by atoms with Crippen LogP contribution < -0.4 is 9.47 Å². The zero-order valence-electron chi connectivity index (χ0n) is 14.2. The van der Waals surface area contributed by atoms with Crippen LogP contribution in [0.5, 0.6) is 11.5 Å². The van der Waals surface area contributed by atoms with E-state index in [1.54, 1.807) is 32.4 Å². The molecule has 5 rings (SSSR count). The summed E-state index contributed by atoms with van der Waals surface area (Å²) in [5, 5.41) is 5.25. The quantitative estimate of drug-likeness (QED) is 0.479. The van der Waals surface area contributed by atoms with Crippen molar-refractivity contribution in [1.82, 2.24) is 5.01 Å². The first-order valence-electron chi connectivity index (χ1n) is 8.46. The number of rotatable bonds is 4. The van der Waals surface area contributed by atoms with E-state index in [1.807, 2.05) is 0 Å². The summed E-state index contributed by atoms with van der Waals surface area (Å²) in [5.74, 6) is 0.705. The number of imide groups is 1. The molecule has 1 heterocycles. The topological polar surface area (TPSA) is 68.2 Å². The number of hydrogen-bond donors (Lipinski definition) is 0. The van der Waals surface area contributed by atoms with Crippen LogP contribution in [-0.4, -0.2) is 37.3 Å². The molecule has 4 unspecified atom stereocenters. The first-order chi connectivity index (χ1) is 12.1. The average Bonchev–Trinajstić information content (AvgIpc) is 2.93. The normalized spacial score (nSPS) is 30.2. The van der Waals surface area contributed by atoms with Gasteiger partial charge in [-0.3, -0.25) is 9.59 Å². The Morgan fingerprint density at radius 3 is 2.20 bits per heavy atom. The van der Waals surface area contributed by atoms with Gasteiger partial charge >= 0.3 is 0 Å². The monoisotopic (exact) mass is 340 g/mol. The molecule has 0 spiro atoms. The van der Waals surface area contributed by atoms with E-state index in [4.69, 9.17) is 9.47 Å². The Morgan fingerprint density at radius 2 is 1.68 bits per heavy atom. The predicted octanol–water partition coefficient (Wildman–Crippen LogP) is 2.23. The highest BCUT2D eigenvalue weighted by molar-refractivity contribution is 6.06. The van der Waals surface area contributed by atoms with Crippen molar-refractivity contribution < 1.29 is 19.1 Å². The van der Waals surface area contributed by atoms with E-state index in [1.165, 1.54) is 6.21 Å². The highest BCUT2D eigenvalue weighted by atomic mass is 16.5. The fourth-order valence-electron chi connectivity index (χ4n) is 4.23. The Labute approximate surface area is 146 Å². The molecule has 1 aromatic carbocycles. The summed E-state index contributed by atoms with van der Waals surface area (Å²) in [4.78, 5) is 25.5. The van der Waals surface area contributed by atoms with Crippen molar-refractivity contribution in [2.45, 2.75) is 12.8 Å². The predicted molar refractivity (Wildman–Crippen MR) is 91.3 cm³/mol. The number of nitrogens with zero attached hydrogens (tertiary/aromatic N) is 2. The SMILES string of the molecule is COc1ccc(OC)c(/C=N/N2C(=O)C3C4C=CC(CC4)C3C2=O)c1. The van der Waals surface area contributed by atoms with Gasteiger partial charge in [0.15, 0.2) is 0 Å². The lowest BCUT2D eigenvalue weighted by Gasteiger charge is -2.37. The number of carbonyl (C=O) groups is 2. The molecule has 1 aliphatic heterocycles. The van der Waals surface area contributed by atoms with Crippen molar-refractivity contribution in [3.05, 3.63) is 35.9 Å². The lowest BCUT2D eigenvalue weighted by atomic mass is 9.63. The van der Waals surface area contributed by atoms with Crippen molar-refractivity contribution >= 4 is 18.0 Å². The molecule has 0 aromatic heterocycles. The van der Waals surface area contributed by atoms with Gasteiger partial charge in [0.25, 0.3) is 11.8 Å². The third-order valence-corrected chi connectivity index (χ3v) is 5.49. The van der Waals surface area contributed by atoms with Crippen molar-refractivity contribution in [1.29, 1.82) is 0 Å². The molecule has 1 saturated heterocycles. The molecule has 3 aliphatic carbocycles. The second-order valence-corrected chi connectivity index (χ2v) is 6.68. The van der Waals surface area contributed by atoms with Gasteiger partial charge in [0.2, 0.25) is 0 Å². The number of fused-ring (bicyclic) bond motifs is 1. The fraction of sp³-hybridized carbons (Fsp3) is 0.421. The van der Waals surface area contributed by atoms with E-state index < -0.39 is 0 Å². The van der Waals surface area contributed by atoms with Gasteiger partial charge in [0.05, 0.1) is 32.3 Å². The van der Waals surface area contributed by atoms with Crippen LogP contribution in [0.15, 0.2) is 35.5 Å². The lowest BCUT2D eigenvalue weighted by molar-refractivity contribution is -0.140. The fourth-order valence-corrected chi connectivity index (χ4v) is 4.23. The number of amides is 2. The van der Waals surface area contributed by atoms with Crippen LogP contribution in [0.25, 0.3) is 0 Å². The van der Waals surface area contributed by atoms with Crippen LogP contribution in [0, 0.1) is 23.7 Å². The van der Waals surface area contributed by atoms with Crippen LogP contribution in [0.3, 0.4) is 0 Å². The highest BCUT2D eigenvalue weighted by Crippen LogP contribution is 2.49. The summed E-state index contributed by atoms with van der Waals surface area (Å²) < 4.78 is 10.5. The summed E-state index contributed by atoms with van der Waals surface area (Å²) in [7, 11) is 3.13. The molecule has 2 amide bonds. The number of hydrogen-bond acceptors (Lipinski definition) is 5. The van der Waals surface area contributed by atoms with Gasteiger partial charge in [0, 0.05) is 5.56 Å². The Balaban J connectivity index is 1.63. The van der Waals surface area contributed by atoms with Crippen LogP contribution in [0.4, 0.5) is 0 Å². The van der Waals surface area contributed by atoms with E-state index in [9.17, 15) is 9.59 Å². The van der Waals surface area contributed by atoms with Crippen molar-refractivity contribution in [3.63, 3.8) is 0 Å². The Morgan fingerprint density at radius 1 is 1.04 bits per heavy atom. The maximum absolute atomic E-state index is 12.7. The largest absolute Gasteiger partial charge is 0.497 e. The minimum atomic E-state index is -0.249. The maximum atomic E-state index is 12.7. The highest BCUT2D eigenvalue weighted by Gasteiger charge is 2.56. The smallest absolute Gasteiger partial charge is 0.254 e. The molecule has 4 atom stereocenters.